The zero-order chi connectivity index (χ0) is 11.7. The van der Waals surface area contributed by atoms with Crippen LogP contribution in [0.5, 0.6) is 0 Å². The number of halogens is 1. The van der Waals surface area contributed by atoms with E-state index >= 15 is 0 Å². The zero-order valence-corrected chi connectivity index (χ0v) is 10.0. The molecule has 0 aliphatic rings. The smallest absolute Gasteiger partial charge is 0.309 e. The maximum absolute atomic E-state index is 10.6. The van der Waals surface area contributed by atoms with Crippen LogP contribution in [0, 0.1) is 0 Å². The predicted molar refractivity (Wildman–Crippen MR) is 62.9 cm³/mol. The Hall–Kier alpha value is -1.33. The summed E-state index contributed by atoms with van der Waals surface area (Å²) in [5, 5.41) is 11.0. The highest BCUT2D eigenvalue weighted by Crippen LogP contribution is 2.28. The van der Waals surface area contributed by atoms with Crippen LogP contribution in [0.15, 0.2) is 17.5 Å². The summed E-state index contributed by atoms with van der Waals surface area (Å²) in [6.45, 7) is 0. The monoisotopic (exact) mass is 256 g/mol. The summed E-state index contributed by atoms with van der Waals surface area (Å²) < 4.78 is 1.70. The molecule has 0 bridgehead atoms. The predicted octanol–water partition coefficient (Wildman–Crippen LogP) is 2.43. The van der Waals surface area contributed by atoms with Gasteiger partial charge >= 0.3 is 5.97 Å². The first kappa shape index (κ1) is 11.2. The number of imidazole rings is 1. The Morgan fingerprint density at radius 1 is 1.69 bits per heavy atom. The molecule has 0 fully saturated rings. The summed E-state index contributed by atoms with van der Waals surface area (Å²) in [5.41, 5.74) is 0.403. The lowest BCUT2D eigenvalue weighted by Gasteiger charge is -1.97. The maximum Gasteiger partial charge on any atom is 0.309 e. The van der Waals surface area contributed by atoms with Crippen LogP contribution in [0.2, 0.25) is 5.15 Å². The highest BCUT2D eigenvalue weighted by molar-refractivity contribution is 7.13. The molecule has 0 aliphatic heterocycles. The van der Waals surface area contributed by atoms with Gasteiger partial charge in [-0.2, -0.15) is 0 Å². The number of aromatic nitrogens is 2. The van der Waals surface area contributed by atoms with Gasteiger partial charge in [0.25, 0.3) is 0 Å². The quantitative estimate of drug-likeness (QED) is 0.918. The number of carboxylic acids is 1. The zero-order valence-electron chi connectivity index (χ0n) is 8.48. The van der Waals surface area contributed by atoms with Gasteiger partial charge in [-0.1, -0.05) is 17.7 Å². The van der Waals surface area contributed by atoms with E-state index in [9.17, 15) is 4.79 Å². The first-order valence-corrected chi connectivity index (χ1v) is 5.82. The van der Waals surface area contributed by atoms with E-state index in [1.54, 1.807) is 23.0 Å². The van der Waals surface area contributed by atoms with Gasteiger partial charge in [-0.25, -0.2) is 4.98 Å². The standard InChI is InChI=1S/C10H9ClN2O2S/c1-13-9(11)6(5-8(14)15)12-10(13)7-3-2-4-16-7/h2-4H,5H2,1H3,(H,14,15). The molecule has 0 unspecified atom stereocenters. The molecular weight excluding hydrogens is 248 g/mol. The minimum absolute atomic E-state index is 0.155. The Bertz CT molecular complexity index is 519. The van der Waals surface area contributed by atoms with Gasteiger partial charge in [0, 0.05) is 7.05 Å². The Kier molecular flexibility index (Phi) is 2.98. The largest absolute Gasteiger partial charge is 0.481 e. The number of rotatable bonds is 3. The van der Waals surface area contributed by atoms with E-state index < -0.39 is 5.97 Å². The third-order valence-corrected chi connectivity index (χ3v) is 3.49. The number of aliphatic carboxylic acids is 1. The third-order valence-electron chi connectivity index (χ3n) is 2.15. The fraction of sp³-hybridized carbons (Fsp3) is 0.200. The molecule has 2 rings (SSSR count). The van der Waals surface area contributed by atoms with Crippen LogP contribution in [0.25, 0.3) is 10.7 Å². The second kappa shape index (κ2) is 4.27. The summed E-state index contributed by atoms with van der Waals surface area (Å²) in [6.07, 6.45) is -0.155. The molecule has 0 saturated heterocycles. The lowest BCUT2D eigenvalue weighted by Crippen LogP contribution is -2.01. The van der Waals surface area contributed by atoms with Crippen molar-refractivity contribution in [3.63, 3.8) is 0 Å². The molecule has 2 aromatic rings. The van der Waals surface area contributed by atoms with Crippen molar-refractivity contribution in [3.8, 4) is 10.7 Å². The van der Waals surface area contributed by atoms with Gasteiger partial charge in [-0.05, 0) is 11.4 Å². The lowest BCUT2D eigenvalue weighted by molar-refractivity contribution is -0.136. The van der Waals surface area contributed by atoms with Crippen LogP contribution >= 0.6 is 22.9 Å². The van der Waals surface area contributed by atoms with Gasteiger partial charge in [0.15, 0.2) is 5.82 Å². The fourth-order valence-electron chi connectivity index (χ4n) is 1.42. The van der Waals surface area contributed by atoms with E-state index in [1.807, 2.05) is 17.5 Å². The second-order valence-corrected chi connectivity index (χ2v) is 4.59. The minimum Gasteiger partial charge on any atom is -0.481 e. The molecule has 0 saturated carbocycles. The average Bonchev–Trinajstić information content (AvgIpc) is 2.81. The SMILES string of the molecule is Cn1c(-c2cccs2)nc(CC(=O)O)c1Cl. The molecule has 0 spiro atoms. The molecule has 0 atom stereocenters. The Labute approximate surface area is 101 Å². The van der Waals surface area contributed by atoms with Crippen LogP contribution in [0.3, 0.4) is 0 Å². The van der Waals surface area contributed by atoms with Gasteiger partial charge in [0.2, 0.25) is 0 Å². The minimum atomic E-state index is -0.933. The highest BCUT2D eigenvalue weighted by atomic mass is 35.5. The summed E-state index contributed by atoms with van der Waals surface area (Å²) in [6, 6.07) is 3.84. The van der Waals surface area contributed by atoms with E-state index in [0.717, 1.165) is 4.88 Å². The number of nitrogens with zero attached hydrogens (tertiary/aromatic N) is 2. The van der Waals surface area contributed by atoms with Gasteiger partial charge < -0.3 is 9.67 Å². The number of carbonyl (C=O) groups is 1. The van der Waals surface area contributed by atoms with Crippen LogP contribution in [0.4, 0.5) is 0 Å². The normalized spacial score (nSPS) is 10.6. The van der Waals surface area contributed by atoms with Crippen LogP contribution in [0.1, 0.15) is 5.69 Å². The summed E-state index contributed by atoms with van der Waals surface area (Å²) >= 11 is 7.56. The van der Waals surface area contributed by atoms with Crippen molar-refractivity contribution in [1.82, 2.24) is 9.55 Å². The Morgan fingerprint density at radius 3 is 3.00 bits per heavy atom. The van der Waals surface area contributed by atoms with E-state index in [-0.39, 0.29) is 6.42 Å². The van der Waals surface area contributed by atoms with Crippen molar-refractivity contribution in [3.05, 3.63) is 28.4 Å². The Morgan fingerprint density at radius 2 is 2.44 bits per heavy atom. The first-order chi connectivity index (χ1) is 7.59. The van der Waals surface area contributed by atoms with Crippen LogP contribution in [-0.2, 0) is 18.3 Å². The van der Waals surface area contributed by atoms with Gasteiger partial charge in [-0.15, -0.1) is 11.3 Å². The molecule has 6 heteroatoms. The van der Waals surface area contributed by atoms with E-state index in [2.05, 4.69) is 4.98 Å². The third kappa shape index (κ3) is 1.96. The molecule has 4 nitrogen and oxygen atoms in total. The van der Waals surface area contributed by atoms with Crippen molar-refractivity contribution < 1.29 is 9.90 Å². The summed E-state index contributed by atoms with van der Waals surface area (Å²) in [7, 11) is 1.77. The van der Waals surface area contributed by atoms with Gasteiger partial charge in [0.05, 0.1) is 17.0 Å². The molecule has 16 heavy (non-hydrogen) atoms. The number of hydrogen-bond acceptors (Lipinski definition) is 3. The molecule has 84 valence electrons. The van der Waals surface area contributed by atoms with Crippen LogP contribution in [-0.4, -0.2) is 20.6 Å². The van der Waals surface area contributed by atoms with Crippen molar-refractivity contribution in [2.24, 2.45) is 7.05 Å². The summed E-state index contributed by atoms with van der Waals surface area (Å²) in [5.74, 6) is -0.228. The van der Waals surface area contributed by atoms with Crippen molar-refractivity contribution in [2.45, 2.75) is 6.42 Å². The topological polar surface area (TPSA) is 55.1 Å². The molecule has 2 heterocycles. The maximum atomic E-state index is 10.6. The lowest BCUT2D eigenvalue weighted by atomic mass is 10.3. The van der Waals surface area contributed by atoms with E-state index in [4.69, 9.17) is 16.7 Å². The summed E-state index contributed by atoms with van der Waals surface area (Å²) in [4.78, 5) is 15.8. The van der Waals surface area contributed by atoms with Crippen molar-refractivity contribution >= 4 is 28.9 Å². The van der Waals surface area contributed by atoms with E-state index in [0.29, 0.717) is 16.7 Å². The molecular formula is C10H9ClN2O2S. The van der Waals surface area contributed by atoms with Crippen molar-refractivity contribution in [1.29, 1.82) is 0 Å². The van der Waals surface area contributed by atoms with Gasteiger partial charge in [-0.3, -0.25) is 4.79 Å². The number of thiophene rings is 1. The number of hydrogen-bond donors (Lipinski definition) is 1. The van der Waals surface area contributed by atoms with Gasteiger partial charge in [0.1, 0.15) is 5.15 Å². The molecule has 0 amide bonds. The first-order valence-electron chi connectivity index (χ1n) is 4.56. The highest BCUT2D eigenvalue weighted by Gasteiger charge is 2.16. The van der Waals surface area contributed by atoms with E-state index in [1.165, 1.54) is 0 Å². The molecule has 2 aromatic heterocycles. The molecule has 0 aromatic carbocycles. The second-order valence-electron chi connectivity index (χ2n) is 3.28. The molecule has 0 radical (unpaired) electrons. The number of carboxylic acid groups (broad SMARTS) is 1. The Balaban J connectivity index is 2.45. The van der Waals surface area contributed by atoms with Crippen LogP contribution < -0.4 is 0 Å². The fourth-order valence-corrected chi connectivity index (χ4v) is 2.36. The molecule has 0 aliphatic carbocycles. The molecule has 1 N–H and O–H groups in total. The van der Waals surface area contributed by atoms with Crippen molar-refractivity contribution in [2.75, 3.05) is 0 Å². The average molecular weight is 257 g/mol.